The van der Waals surface area contributed by atoms with Crippen molar-refractivity contribution in [2.45, 2.75) is 31.5 Å². The molecule has 0 radical (unpaired) electrons. The number of alkyl halides is 3. The molecule has 17 heavy (non-hydrogen) atoms. The molecule has 1 aromatic rings. The van der Waals surface area contributed by atoms with Crippen molar-refractivity contribution in [2.24, 2.45) is 5.84 Å². The van der Waals surface area contributed by atoms with Gasteiger partial charge >= 0.3 is 6.18 Å². The van der Waals surface area contributed by atoms with Crippen LogP contribution in [0, 0.1) is 3.57 Å². The van der Waals surface area contributed by atoms with Gasteiger partial charge in [0.25, 0.3) is 0 Å². The van der Waals surface area contributed by atoms with Crippen LogP contribution >= 0.6 is 22.6 Å². The number of halogens is 4. The molecule has 1 rings (SSSR count). The third-order valence-electron chi connectivity index (χ3n) is 2.43. The lowest BCUT2D eigenvalue weighted by molar-refractivity contribution is -0.135. The molecule has 0 aliphatic heterocycles. The van der Waals surface area contributed by atoms with E-state index in [9.17, 15) is 13.2 Å². The van der Waals surface area contributed by atoms with Crippen LogP contribution in [0.5, 0.6) is 0 Å². The van der Waals surface area contributed by atoms with E-state index in [1.165, 1.54) is 0 Å². The highest BCUT2D eigenvalue weighted by molar-refractivity contribution is 14.1. The Bertz CT molecular complexity index is 355. The van der Waals surface area contributed by atoms with E-state index in [-0.39, 0.29) is 12.5 Å². The Morgan fingerprint density at radius 2 is 1.94 bits per heavy atom. The summed E-state index contributed by atoms with van der Waals surface area (Å²) in [5.41, 5.74) is 3.52. The standard InChI is InChI=1S/C11H14F3IN2/c12-11(13,14)7-3-6-10(17-16)8-4-1-2-5-9(8)15/h1-2,4-5,10,17H,3,6-7,16H2. The monoisotopic (exact) mass is 358 g/mol. The van der Waals surface area contributed by atoms with Crippen molar-refractivity contribution in [3.63, 3.8) is 0 Å². The molecule has 0 heterocycles. The molecule has 6 heteroatoms. The summed E-state index contributed by atoms with van der Waals surface area (Å²) in [5, 5.41) is 0. The van der Waals surface area contributed by atoms with Crippen LogP contribution in [-0.4, -0.2) is 6.18 Å². The van der Waals surface area contributed by atoms with Gasteiger partial charge in [-0.1, -0.05) is 18.2 Å². The molecule has 0 aliphatic carbocycles. The quantitative estimate of drug-likeness (QED) is 0.480. The van der Waals surface area contributed by atoms with Gasteiger partial charge in [0.2, 0.25) is 0 Å². The Kier molecular flexibility index (Phi) is 5.68. The maximum atomic E-state index is 12.0. The Hall–Kier alpha value is -0.340. The van der Waals surface area contributed by atoms with E-state index in [0.717, 1.165) is 9.13 Å². The first-order chi connectivity index (χ1) is 7.94. The number of nitrogens with two attached hydrogens (primary N) is 1. The molecular weight excluding hydrogens is 344 g/mol. The molecule has 96 valence electrons. The van der Waals surface area contributed by atoms with Gasteiger partial charge in [0.1, 0.15) is 0 Å². The second-order valence-corrected chi connectivity index (χ2v) is 4.91. The van der Waals surface area contributed by atoms with E-state index in [1.807, 2.05) is 24.3 Å². The average Bonchev–Trinajstić information content (AvgIpc) is 2.24. The molecule has 1 unspecified atom stereocenters. The van der Waals surface area contributed by atoms with Crippen molar-refractivity contribution >= 4 is 22.6 Å². The predicted molar refractivity (Wildman–Crippen MR) is 69.1 cm³/mol. The Morgan fingerprint density at radius 3 is 2.47 bits per heavy atom. The van der Waals surface area contributed by atoms with Gasteiger partial charge in [-0.25, -0.2) is 0 Å². The second kappa shape index (κ2) is 6.55. The van der Waals surface area contributed by atoms with Gasteiger partial charge in [-0.05, 0) is 47.1 Å². The van der Waals surface area contributed by atoms with Crippen LogP contribution in [0.4, 0.5) is 13.2 Å². The van der Waals surface area contributed by atoms with E-state index in [4.69, 9.17) is 5.84 Å². The van der Waals surface area contributed by atoms with Crippen molar-refractivity contribution < 1.29 is 13.2 Å². The highest BCUT2D eigenvalue weighted by atomic mass is 127. The lowest BCUT2D eigenvalue weighted by Crippen LogP contribution is -2.28. The Balaban J connectivity index is 2.58. The summed E-state index contributed by atoms with van der Waals surface area (Å²) in [5.74, 6) is 5.39. The van der Waals surface area contributed by atoms with E-state index < -0.39 is 12.6 Å². The predicted octanol–water partition coefficient (Wildman–Crippen LogP) is 3.53. The molecule has 0 amide bonds. The zero-order valence-corrected chi connectivity index (χ0v) is 11.3. The number of hydrazine groups is 1. The van der Waals surface area contributed by atoms with Crippen molar-refractivity contribution in [2.75, 3.05) is 0 Å². The van der Waals surface area contributed by atoms with Crippen LogP contribution in [-0.2, 0) is 0 Å². The maximum Gasteiger partial charge on any atom is 0.389 e. The third kappa shape index (κ3) is 5.22. The lowest BCUT2D eigenvalue weighted by atomic mass is 10.0. The third-order valence-corrected chi connectivity index (χ3v) is 3.42. The van der Waals surface area contributed by atoms with Gasteiger partial charge in [0, 0.05) is 16.0 Å². The smallest absolute Gasteiger partial charge is 0.271 e. The summed E-state index contributed by atoms with van der Waals surface area (Å²) in [6.07, 6.45) is -4.42. The molecule has 0 fully saturated rings. The summed E-state index contributed by atoms with van der Waals surface area (Å²) in [6, 6.07) is 7.29. The van der Waals surface area contributed by atoms with Crippen LogP contribution in [0.2, 0.25) is 0 Å². The first kappa shape index (κ1) is 14.7. The largest absolute Gasteiger partial charge is 0.389 e. The normalized spacial score (nSPS) is 13.7. The van der Waals surface area contributed by atoms with Crippen molar-refractivity contribution in [3.05, 3.63) is 33.4 Å². The van der Waals surface area contributed by atoms with Gasteiger partial charge in [-0.3, -0.25) is 11.3 Å². The molecule has 3 N–H and O–H groups in total. The SMILES string of the molecule is NNC(CCCC(F)(F)F)c1ccccc1I. The zero-order valence-electron chi connectivity index (χ0n) is 9.10. The van der Waals surface area contributed by atoms with E-state index in [0.29, 0.717) is 6.42 Å². The zero-order chi connectivity index (χ0) is 12.9. The maximum absolute atomic E-state index is 12.0. The number of rotatable bonds is 5. The number of nitrogens with one attached hydrogen (secondary N) is 1. The fraction of sp³-hybridized carbons (Fsp3) is 0.455. The molecule has 1 atom stereocenters. The first-order valence-corrected chi connectivity index (χ1v) is 6.29. The lowest BCUT2D eigenvalue weighted by Gasteiger charge is -2.18. The van der Waals surface area contributed by atoms with Crippen molar-refractivity contribution in [3.8, 4) is 0 Å². The molecule has 0 saturated heterocycles. The molecule has 1 aromatic carbocycles. The van der Waals surface area contributed by atoms with Gasteiger partial charge in [-0.2, -0.15) is 13.2 Å². The fourth-order valence-corrected chi connectivity index (χ4v) is 2.36. The summed E-state index contributed by atoms with van der Waals surface area (Å²) in [7, 11) is 0. The van der Waals surface area contributed by atoms with Crippen molar-refractivity contribution in [1.82, 2.24) is 5.43 Å². The first-order valence-electron chi connectivity index (χ1n) is 5.21. The van der Waals surface area contributed by atoms with Crippen molar-refractivity contribution in [1.29, 1.82) is 0 Å². The van der Waals surface area contributed by atoms with Crippen LogP contribution in [0.1, 0.15) is 30.9 Å². The summed E-state index contributed by atoms with van der Waals surface area (Å²) in [4.78, 5) is 0. The van der Waals surface area contributed by atoms with Gasteiger partial charge < -0.3 is 0 Å². The Morgan fingerprint density at radius 1 is 1.29 bits per heavy atom. The van der Waals surface area contributed by atoms with Gasteiger partial charge in [0.15, 0.2) is 0 Å². The summed E-state index contributed by atoms with van der Waals surface area (Å²) in [6.45, 7) is 0. The van der Waals surface area contributed by atoms with Crippen LogP contribution in [0.15, 0.2) is 24.3 Å². The van der Waals surface area contributed by atoms with Gasteiger partial charge in [-0.15, -0.1) is 0 Å². The number of benzene rings is 1. The minimum atomic E-state index is -4.09. The fourth-order valence-electron chi connectivity index (χ4n) is 1.59. The number of hydrogen-bond donors (Lipinski definition) is 2. The molecule has 0 aliphatic rings. The molecule has 0 saturated carbocycles. The molecule has 0 aromatic heterocycles. The van der Waals surface area contributed by atoms with Crippen LogP contribution in [0.3, 0.4) is 0 Å². The minimum absolute atomic E-state index is 0.0728. The van der Waals surface area contributed by atoms with E-state index in [2.05, 4.69) is 28.0 Å². The average molecular weight is 358 g/mol. The van der Waals surface area contributed by atoms with Crippen LogP contribution in [0.25, 0.3) is 0 Å². The second-order valence-electron chi connectivity index (χ2n) is 3.75. The molecule has 0 spiro atoms. The highest BCUT2D eigenvalue weighted by Crippen LogP contribution is 2.27. The summed E-state index contributed by atoms with van der Waals surface area (Å²) < 4.78 is 37.1. The Labute approximate surface area is 112 Å². The van der Waals surface area contributed by atoms with E-state index in [1.54, 1.807) is 0 Å². The topological polar surface area (TPSA) is 38.0 Å². The number of hydrogen-bond acceptors (Lipinski definition) is 2. The van der Waals surface area contributed by atoms with E-state index >= 15 is 0 Å². The molecule has 0 bridgehead atoms. The molecule has 2 nitrogen and oxygen atoms in total. The minimum Gasteiger partial charge on any atom is -0.271 e. The van der Waals surface area contributed by atoms with Crippen LogP contribution < -0.4 is 11.3 Å². The molecular formula is C11H14F3IN2. The summed E-state index contributed by atoms with van der Waals surface area (Å²) >= 11 is 2.15. The highest BCUT2D eigenvalue weighted by Gasteiger charge is 2.27. The van der Waals surface area contributed by atoms with Gasteiger partial charge in [0.05, 0.1) is 0 Å².